The molecular formula is C27H19BrCl2N2O3S. The molecule has 1 fully saturated rings. The summed E-state index contributed by atoms with van der Waals surface area (Å²) in [4.78, 5) is 27.4. The number of carbonyl (C=O) groups excluding carboxylic acids is 2. The Morgan fingerprint density at radius 1 is 1.00 bits per heavy atom. The van der Waals surface area contributed by atoms with Crippen LogP contribution in [0.4, 0.5) is 4.79 Å². The van der Waals surface area contributed by atoms with E-state index in [-0.39, 0.29) is 17.7 Å². The lowest BCUT2D eigenvalue weighted by Gasteiger charge is -2.13. The Kier molecular flexibility index (Phi) is 7.44. The minimum Gasteiger partial charge on any atom is -0.492 e. The van der Waals surface area contributed by atoms with E-state index in [2.05, 4.69) is 20.5 Å². The van der Waals surface area contributed by atoms with Crippen LogP contribution in [0.15, 0.2) is 82.3 Å². The van der Waals surface area contributed by atoms with E-state index < -0.39 is 0 Å². The number of hydrogen-bond donors (Lipinski definition) is 0. The van der Waals surface area contributed by atoms with Gasteiger partial charge in [-0.05, 0) is 65.9 Å². The van der Waals surface area contributed by atoms with Crippen molar-refractivity contribution in [2.24, 2.45) is 0 Å². The Morgan fingerprint density at radius 3 is 2.58 bits per heavy atom. The minimum atomic E-state index is -0.348. The summed E-state index contributed by atoms with van der Waals surface area (Å²) >= 11 is 16.7. The van der Waals surface area contributed by atoms with Crippen LogP contribution in [0.2, 0.25) is 10.0 Å². The summed E-state index contributed by atoms with van der Waals surface area (Å²) in [5.74, 6) is 0.464. The molecule has 0 N–H and O–H groups in total. The highest BCUT2D eigenvalue weighted by Gasteiger charge is 2.35. The maximum absolute atomic E-state index is 13.2. The SMILES string of the molecule is O=C1S/C(=C\c2cn(CCOc3ccccc3)c3ccc(Br)cc23)C(=O)N1Cc1ccc(Cl)cc1Cl. The molecule has 0 radical (unpaired) electrons. The molecule has 9 heteroatoms. The lowest BCUT2D eigenvalue weighted by molar-refractivity contribution is -0.123. The van der Waals surface area contributed by atoms with Crippen LogP contribution in [0.25, 0.3) is 17.0 Å². The number of halogens is 3. The lowest BCUT2D eigenvalue weighted by atomic mass is 10.1. The fourth-order valence-electron chi connectivity index (χ4n) is 3.97. The largest absolute Gasteiger partial charge is 0.492 e. The predicted molar refractivity (Wildman–Crippen MR) is 150 cm³/mol. The van der Waals surface area contributed by atoms with Crippen LogP contribution in [0, 0.1) is 0 Å². The van der Waals surface area contributed by atoms with E-state index >= 15 is 0 Å². The number of aromatic nitrogens is 1. The number of amides is 2. The molecule has 1 aliphatic rings. The van der Waals surface area contributed by atoms with Crippen molar-refractivity contribution in [3.8, 4) is 5.75 Å². The number of benzene rings is 3. The van der Waals surface area contributed by atoms with Crippen molar-refractivity contribution in [2.75, 3.05) is 6.61 Å². The Hall–Kier alpha value is -2.71. The van der Waals surface area contributed by atoms with E-state index in [1.807, 2.05) is 54.7 Å². The standard InChI is InChI=1S/C27H19BrCl2N2O3S/c28-19-7-9-24-22(13-19)18(15-31(24)10-11-35-21-4-2-1-3-5-21)12-25-26(33)32(27(34)36-25)16-17-6-8-20(29)14-23(17)30/h1-9,12-15H,10-11,16H2/b25-12-. The molecule has 5 rings (SSSR count). The van der Waals surface area contributed by atoms with Crippen LogP contribution >= 0.6 is 50.9 Å². The minimum absolute atomic E-state index is 0.0855. The van der Waals surface area contributed by atoms with Gasteiger partial charge < -0.3 is 9.30 Å². The first-order valence-electron chi connectivity index (χ1n) is 11.0. The number of imide groups is 1. The molecular weight excluding hydrogens is 583 g/mol. The number of rotatable bonds is 7. The normalized spacial score (nSPS) is 14.9. The maximum Gasteiger partial charge on any atom is 0.293 e. The van der Waals surface area contributed by atoms with Gasteiger partial charge in [-0.15, -0.1) is 0 Å². The molecule has 0 spiro atoms. The van der Waals surface area contributed by atoms with Crippen LogP contribution < -0.4 is 4.74 Å². The van der Waals surface area contributed by atoms with E-state index in [4.69, 9.17) is 27.9 Å². The van der Waals surface area contributed by atoms with Crippen molar-refractivity contribution in [3.05, 3.63) is 103 Å². The summed E-state index contributed by atoms with van der Waals surface area (Å²) in [5, 5.41) is 1.54. The second-order valence-electron chi connectivity index (χ2n) is 8.10. The van der Waals surface area contributed by atoms with Gasteiger partial charge in [0.25, 0.3) is 11.1 Å². The van der Waals surface area contributed by atoms with Gasteiger partial charge in [-0.3, -0.25) is 14.5 Å². The monoisotopic (exact) mass is 600 g/mol. The highest BCUT2D eigenvalue weighted by atomic mass is 79.9. The molecule has 3 aromatic carbocycles. The third-order valence-corrected chi connectivity index (χ3v) is 7.71. The van der Waals surface area contributed by atoms with Crippen LogP contribution in [0.3, 0.4) is 0 Å². The Balaban J connectivity index is 1.40. The molecule has 2 amide bonds. The fourth-order valence-corrected chi connectivity index (χ4v) is 5.63. The Labute approximate surface area is 230 Å². The topological polar surface area (TPSA) is 51.5 Å². The number of para-hydroxylation sites is 1. The van der Waals surface area contributed by atoms with Gasteiger partial charge in [0.1, 0.15) is 12.4 Å². The molecule has 1 aromatic heterocycles. The quantitative estimate of drug-likeness (QED) is 0.201. The molecule has 0 bridgehead atoms. The van der Waals surface area contributed by atoms with Crippen molar-refractivity contribution < 1.29 is 14.3 Å². The van der Waals surface area contributed by atoms with Crippen LogP contribution in [-0.2, 0) is 17.9 Å². The molecule has 0 saturated carbocycles. The predicted octanol–water partition coefficient (Wildman–Crippen LogP) is 8.03. The number of nitrogens with zero attached hydrogens (tertiary/aromatic N) is 2. The molecule has 1 aliphatic heterocycles. The lowest BCUT2D eigenvalue weighted by Crippen LogP contribution is -2.27. The van der Waals surface area contributed by atoms with Gasteiger partial charge in [-0.1, -0.05) is 63.4 Å². The van der Waals surface area contributed by atoms with Gasteiger partial charge in [-0.2, -0.15) is 0 Å². The number of fused-ring (bicyclic) bond motifs is 1. The van der Waals surface area contributed by atoms with Crippen LogP contribution in [0.5, 0.6) is 5.75 Å². The number of ether oxygens (including phenoxy) is 1. The average Bonchev–Trinajstić information content (AvgIpc) is 3.32. The first-order valence-corrected chi connectivity index (χ1v) is 13.4. The Bertz CT molecular complexity index is 1500. The first kappa shape index (κ1) is 25.0. The third kappa shape index (κ3) is 5.34. The van der Waals surface area contributed by atoms with Gasteiger partial charge in [0.05, 0.1) is 18.0 Å². The highest BCUT2D eigenvalue weighted by Crippen LogP contribution is 2.36. The first-order chi connectivity index (χ1) is 17.4. The van der Waals surface area contributed by atoms with Crippen molar-refractivity contribution >= 4 is 79.0 Å². The molecule has 5 nitrogen and oxygen atoms in total. The van der Waals surface area contributed by atoms with E-state index in [0.717, 1.165) is 38.5 Å². The molecule has 0 atom stereocenters. The van der Waals surface area contributed by atoms with Crippen molar-refractivity contribution in [1.82, 2.24) is 9.47 Å². The zero-order valence-electron chi connectivity index (χ0n) is 18.8. The zero-order valence-corrected chi connectivity index (χ0v) is 22.7. The summed E-state index contributed by atoms with van der Waals surface area (Å²) in [6.45, 7) is 1.20. The third-order valence-electron chi connectivity index (χ3n) is 5.72. The van der Waals surface area contributed by atoms with Gasteiger partial charge in [0.2, 0.25) is 0 Å². The van der Waals surface area contributed by atoms with Gasteiger partial charge >= 0.3 is 0 Å². The van der Waals surface area contributed by atoms with Crippen molar-refractivity contribution in [2.45, 2.75) is 13.1 Å². The van der Waals surface area contributed by atoms with Crippen molar-refractivity contribution in [1.29, 1.82) is 0 Å². The second-order valence-corrected chi connectivity index (χ2v) is 10.9. The van der Waals surface area contributed by atoms with E-state index in [1.54, 1.807) is 24.3 Å². The molecule has 36 heavy (non-hydrogen) atoms. The number of hydrogen-bond acceptors (Lipinski definition) is 4. The number of carbonyl (C=O) groups is 2. The molecule has 0 unspecified atom stereocenters. The van der Waals surface area contributed by atoms with Crippen molar-refractivity contribution in [3.63, 3.8) is 0 Å². The molecule has 4 aromatic rings. The smallest absolute Gasteiger partial charge is 0.293 e. The molecule has 2 heterocycles. The summed E-state index contributed by atoms with van der Waals surface area (Å²) in [6, 6.07) is 20.7. The van der Waals surface area contributed by atoms with Crippen LogP contribution in [0.1, 0.15) is 11.1 Å². The summed E-state index contributed by atoms with van der Waals surface area (Å²) < 4.78 is 8.89. The number of thioether (sulfide) groups is 1. The zero-order chi connectivity index (χ0) is 25.2. The van der Waals surface area contributed by atoms with E-state index in [1.165, 1.54) is 4.90 Å². The highest BCUT2D eigenvalue weighted by molar-refractivity contribution is 9.10. The Morgan fingerprint density at radius 2 is 1.81 bits per heavy atom. The average molecular weight is 602 g/mol. The summed E-state index contributed by atoms with van der Waals surface area (Å²) in [5.41, 5.74) is 2.51. The molecule has 1 saturated heterocycles. The van der Waals surface area contributed by atoms with Crippen LogP contribution in [-0.4, -0.2) is 27.2 Å². The fraction of sp³-hybridized carbons (Fsp3) is 0.111. The van der Waals surface area contributed by atoms with Gasteiger partial charge in [0, 0.05) is 37.2 Å². The summed E-state index contributed by atoms with van der Waals surface area (Å²) in [6.07, 6.45) is 3.76. The van der Waals surface area contributed by atoms with E-state index in [0.29, 0.717) is 33.7 Å². The van der Waals surface area contributed by atoms with E-state index in [9.17, 15) is 9.59 Å². The molecule has 0 aliphatic carbocycles. The van der Waals surface area contributed by atoms with Gasteiger partial charge in [-0.25, -0.2) is 0 Å². The van der Waals surface area contributed by atoms with Gasteiger partial charge in [0.15, 0.2) is 0 Å². The maximum atomic E-state index is 13.2. The summed E-state index contributed by atoms with van der Waals surface area (Å²) in [7, 11) is 0. The molecule has 182 valence electrons. The second kappa shape index (κ2) is 10.7.